The molecule has 2 aromatic rings. The van der Waals surface area contributed by atoms with Gasteiger partial charge >= 0.3 is 0 Å². The summed E-state index contributed by atoms with van der Waals surface area (Å²) >= 11 is 0. The molecule has 76 valence electrons. The van der Waals surface area contributed by atoms with Crippen LogP contribution in [-0.2, 0) is 0 Å². The molecule has 0 unspecified atom stereocenters. The minimum atomic E-state index is 0.597. The molecule has 2 N–H and O–H groups in total. The van der Waals surface area contributed by atoms with Gasteiger partial charge in [0, 0.05) is 6.07 Å². The second kappa shape index (κ2) is 4.00. The van der Waals surface area contributed by atoms with Gasteiger partial charge in [0.05, 0.1) is 18.1 Å². The fourth-order valence-corrected chi connectivity index (χ4v) is 1.31. The molecule has 3 heteroatoms. The number of ether oxygens (including phenoxy) is 1. The first-order valence-electron chi connectivity index (χ1n) is 4.69. The quantitative estimate of drug-likeness (QED) is 0.810. The molecule has 0 amide bonds. The Balaban J connectivity index is 2.22. The molecule has 0 bridgehead atoms. The number of nitrogens with two attached hydrogens (primary N) is 1. The van der Waals surface area contributed by atoms with E-state index in [-0.39, 0.29) is 0 Å². The normalized spacial score (nSPS) is 9.93. The fraction of sp³-hybridized carbons (Fsp3) is 0.0833. The maximum absolute atomic E-state index is 5.60. The predicted octanol–water partition coefficient (Wildman–Crippen LogP) is 2.76. The van der Waals surface area contributed by atoms with Crippen LogP contribution in [0.4, 0.5) is 5.69 Å². The number of pyridine rings is 1. The van der Waals surface area contributed by atoms with Crippen LogP contribution in [0.5, 0.6) is 11.5 Å². The average molecular weight is 200 g/mol. The highest BCUT2D eigenvalue weighted by Crippen LogP contribution is 2.22. The van der Waals surface area contributed by atoms with Crippen molar-refractivity contribution in [2.45, 2.75) is 6.92 Å². The third-order valence-corrected chi connectivity index (χ3v) is 1.96. The van der Waals surface area contributed by atoms with Gasteiger partial charge < -0.3 is 10.5 Å². The number of aromatic nitrogens is 1. The Morgan fingerprint density at radius 3 is 2.73 bits per heavy atom. The summed E-state index contributed by atoms with van der Waals surface area (Å²) in [5.41, 5.74) is 7.35. The van der Waals surface area contributed by atoms with E-state index in [0.29, 0.717) is 11.4 Å². The van der Waals surface area contributed by atoms with E-state index >= 15 is 0 Å². The van der Waals surface area contributed by atoms with Crippen LogP contribution < -0.4 is 10.5 Å². The number of hydrogen-bond acceptors (Lipinski definition) is 3. The van der Waals surface area contributed by atoms with Crippen molar-refractivity contribution in [1.29, 1.82) is 0 Å². The molecule has 0 saturated carbocycles. The van der Waals surface area contributed by atoms with Gasteiger partial charge in [-0.3, -0.25) is 4.98 Å². The van der Waals surface area contributed by atoms with Crippen LogP contribution in [0, 0.1) is 6.92 Å². The van der Waals surface area contributed by atoms with Gasteiger partial charge in [-0.1, -0.05) is 12.1 Å². The first-order chi connectivity index (χ1) is 7.24. The highest BCUT2D eigenvalue weighted by Gasteiger charge is 1.97. The summed E-state index contributed by atoms with van der Waals surface area (Å²) in [7, 11) is 0. The van der Waals surface area contributed by atoms with Crippen molar-refractivity contribution in [3.63, 3.8) is 0 Å². The zero-order valence-corrected chi connectivity index (χ0v) is 8.47. The molecule has 0 fully saturated rings. The van der Waals surface area contributed by atoms with Crippen molar-refractivity contribution in [1.82, 2.24) is 4.98 Å². The molecule has 1 aromatic heterocycles. The molecule has 0 saturated heterocycles. The summed E-state index contributed by atoms with van der Waals surface area (Å²) in [6.45, 7) is 2.02. The lowest BCUT2D eigenvalue weighted by atomic mass is 10.2. The van der Waals surface area contributed by atoms with Crippen molar-refractivity contribution in [2.24, 2.45) is 0 Å². The summed E-state index contributed by atoms with van der Waals surface area (Å²) in [5, 5.41) is 0. The van der Waals surface area contributed by atoms with E-state index in [9.17, 15) is 0 Å². The first-order valence-corrected chi connectivity index (χ1v) is 4.69. The monoisotopic (exact) mass is 200 g/mol. The predicted molar refractivity (Wildman–Crippen MR) is 59.9 cm³/mol. The fourth-order valence-electron chi connectivity index (χ4n) is 1.31. The molecule has 3 nitrogen and oxygen atoms in total. The lowest BCUT2D eigenvalue weighted by molar-refractivity contribution is 0.480. The lowest BCUT2D eigenvalue weighted by Crippen LogP contribution is -1.89. The number of benzene rings is 1. The summed E-state index contributed by atoms with van der Waals surface area (Å²) in [4.78, 5) is 3.95. The number of nitrogen functional groups attached to an aromatic ring is 1. The maximum atomic E-state index is 5.60. The van der Waals surface area contributed by atoms with Gasteiger partial charge in [-0.25, -0.2) is 0 Å². The standard InChI is InChI=1S/C12H12N2O/c1-9-3-2-4-11(5-9)15-12-6-10(13)7-14-8-12/h2-8H,13H2,1H3. The molecule has 0 radical (unpaired) electrons. The Morgan fingerprint density at radius 1 is 1.13 bits per heavy atom. The Morgan fingerprint density at radius 2 is 2.00 bits per heavy atom. The zero-order valence-electron chi connectivity index (χ0n) is 8.47. The SMILES string of the molecule is Cc1cccc(Oc2cncc(N)c2)c1. The van der Waals surface area contributed by atoms with E-state index in [1.807, 2.05) is 31.2 Å². The van der Waals surface area contributed by atoms with E-state index in [0.717, 1.165) is 11.3 Å². The Labute approximate surface area is 88.5 Å². The molecule has 2 rings (SSSR count). The van der Waals surface area contributed by atoms with E-state index in [2.05, 4.69) is 4.98 Å². The lowest BCUT2D eigenvalue weighted by Gasteiger charge is -2.05. The second-order valence-corrected chi connectivity index (χ2v) is 3.37. The van der Waals surface area contributed by atoms with Gasteiger partial charge in [0.25, 0.3) is 0 Å². The summed E-state index contributed by atoms with van der Waals surface area (Å²) in [5.74, 6) is 1.45. The van der Waals surface area contributed by atoms with Gasteiger partial charge in [-0.15, -0.1) is 0 Å². The molecule has 0 aliphatic carbocycles. The van der Waals surface area contributed by atoms with Crippen LogP contribution in [0.25, 0.3) is 0 Å². The number of nitrogens with zero attached hydrogens (tertiary/aromatic N) is 1. The molecule has 15 heavy (non-hydrogen) atoms. The van der Waals surface area contributed by atoms with E-state index in [4.69, 9.17) is 10.5 Å². The number of aryl methyl sites for hydroxylation is 1. The molecule has 1 heterocycles. The van der Waals surface area contributed by atoms with Gasteiger partial charge in [0.2, 0.25) is 0 Å². The number of rotatable bonds is 2. The molecule has 0 aliphatic heterocycles. The first kappa shape index (κ1) is 9.52. The minimum absolute atomic E-state index is 0.597. The topological polar surface area (TPSA) is 48.1 Å². The molecule has 0 aliphatic rings. The summed E-state index contributed by atoms with van der Waals surface area (Å²) in [6.07, 6.45) is 3.22. The maximum Gasteiger partial charge on any atom is 0.147 e. The van der Waals surface area contributed by atoms with Crippen molar-refractivity contribution >= 4 is 5.69 Å². The van der Waals surface area contributed by atoms with Crippen LogP contribution in [0.1, 0.15) is 5.56 Å². The molecular formula is C12H12N2O. The Bertz CT molecular complexity index is 425. The van der Waals surface area contributed by atoms with Crippen molar-refractivity contribution in [2.75, 3.05) is 5.73 Å². The third kappa shape index (κ3) is 2.47. The number of anilines is 1. The highest BCUT2D eigenvalue weighted by atomic mass is 16.5. The van der Waals surface area contributed by atoms with Crippen LogP contribution in [0.3, 0.4) is 0 Å². The highest BCUT2D eigenvalue weighted by molar-refractivity contribution is 5.42. The Hall–Kier alpha value is -2.03. The smallest absolute Gasteiger partial charge is 0.147 e. The van der Waals surface area contributed by atoms with Gasteiger partial charge in [0.1, 0.15) is 11.5 Å². The second-order valence-electron chi connectivity index (χ2n) is 3.37. The van der Waals surface area contributed by atoms with E-state index in [1.165, 1.54) is 0 Å². The molecule has 0 spiro atoms. The average Bonchev–Trinajstić information content (AvgIpc) is 2.17. The largest absolute Gasteiger partial charge is 0.456 e. The van der Waals surface area contributed by atoms with Crippen LogP contribution in [-0.4, -0.2) is 4.98 Å². The summed E-state index contributed by atoms with van der Waals surface area (Å²) in [6, 6.07) is 9.57. The Kier molecular flexibility index (Phi) is 2.54. The third-order valence-electron chi connectivity index (χ3n) is 1.96. The van der Waals surface area contributed by atoms with Crippen molar-refractivity contribution < 1.29 is 4.74 Å². The van der Waals surface area contributed by atoms with Crippen molar-refractivity contribution in [3.05, 3.63) is 48.3 Å². The number of hydrogen-bond donors (Lipinski definition) is 1. The molecular weight excluding hydrogens is 188 g/mol. The molecule has 1 aromatic carbocycles. The van der Waals surface area contributed by atoms with Gasteiger partial charge in [-0.2, -0.15) is 0 Å². The van der Waals surface area contributed by atoms with Crippen molar-refractivity contribution in [3.8, 4) is 11.5 Å². The van der Waals surface area contributed by atoms with E-state index < -0.39 is 0 Å². The van der Waals surface area contributed by atoms with Gasteiger partial charge in [0.15, 0.2) is 0 Å². The van der Waals surface area contributed by atoms with Gasteiger partial charge in [-0.05, 0) is 24.6 Å². The van der Waals surface area contributed by atoms with E-state index in [1.54, 1.807) is 18.5 Å². The molecule has 0 atom stereocenters. The summed E-state index contributed by atoms with van der Waals surface area (Å²) < 4.78 is 5.60. The van der Waals surface area contributed by atoms with Crippen LogP contribution in [0.2, 0.25) is 0 Å². The van der Waals surface area contributed by atoms with Crippen LogP contribution >= 0.6 is 0 Å². The minimum Gasteiger partial charge on any atom is -0.456 e. The zero-order chi connectivity index (χ0) is 10.7. The van der Waals surface area contributed by atoms with Crippen LogP contribution in [0.15, 0.2) is 42.7 Å².